The lowest BCUT2D eigenvalue weighted by Gasteiger charge is -2.20. The fraction of sp³-hybridized carbons (Fsp3) is 0.333. The number of carbonyl (C=O) groups excluding carboxylic acids is 1. The maximum atomic E-state index is 12.3. The summed E-state index contributed by atoms with van der Waals surface area (Å²) in [4.78, 5) is 26.6. The molecule has 0 saturated heterocycles. The number of para-hydroxylation sites is 1. The van der Waals surface area contributed by atoms with Crippen molar-refractivity contribution in [3.05, 3.63) is 46.2 Å². The number of aliphatic hydroxyl groups excluding tert-OH is 1. The molecule has 3 N–H and O–H groups in total. The number of aliphatic hydroxyl groups is 1. The van der Waals surface area contributed by atoms with Gasteiger partial charge in [0.15, 0.2) is 0 Å². The van der Waals surface area contributed by atoms with Crippen molar-refractivity contribution in [2.45, 2.75) is 19.9 Å². The number of aromatic nitrogens is 1. The average Bonchev–Trinajstić information content (AvgIpc) is 2.43. The van der Waals surface area contributed by atoms with E-state index in [1.165, 1.54) is 6.07 Å². The summed E-state index contributed by atoms with van der Waals surface area (Å²) >= 11 is 0. The van der Waals surface area contributed by atoms with Crippen LogP contribution in [0.5, 0.6) is 0 Å². The molecule has 0 aliphatic heterocycles. The molecule has 0 aliphatic carbocycles. The zero-order valence-corrected chi connectivity index (χ0v) is 11.5. The smallest absolute Gasteiger partial charge is 0.252 e. The van der Waals surface area contributed by atoms with Gasteiger partial charge in [0.1, 0.15) is 0 Å². The number of carbonyl (C=O) groups is 1. The van der Waals surface area contributed by atoms with Crippen LogP contribution in [0.15, 0.2) is 35.1 Å². The predicted molar refractivity (Wildman–Crippen MR) is 77.7 cm³/mol. The zero-order valence-electron chi connectivity index (χ0n) is 11.5. The monoisotopic (exact) mass is 274 g/mol. The van der Waals surface area contributed by atoms with E-state index in [0.717, 1.165) is 0 Å². The van der Waals surface area contributed by atoms with Crippen LogP contribution in [0.2, 0.25) is 0 Å². The third kappa shape index (κ3) is 2.88. The van der Waals surface area contributed by atoms with Crippen LogP contribution in [0, 0.1) is 5.92 Å². The quantitative estimate of drug-likeness (QED) is 0.785. The fourth-order valence-electron chi connectivity index (χ4n) is 2.06. The Hall–Kier alpha value is -2.14. The molecule has 5 heteroatoms. The van der Waals surface area contributed by atoms with E-state index in [1.807, 2.05) is 19.9 Å². The average molecular weight is 274 g/mol. The number of benzene rings is 1. The van der Waals surface area contributed by atoms with Crippen LogP contribution in [0.3, 0.4) is 0 Å². The van der Waals surface area contributed by atoms with E-state index in [9.17, 15) is 14.7 Å². The predicted octanol–water partition coefficient (Wildman–Crippen LogP) is 1.27. The molecule has 1 atom stereocenters. The summed E-state index contributed by atoms with van der Waals surface area (Å²) in [5, 5.41) is 12.7. The maximum absolute atomic E-state index is 12.3. The van der Waals surface area contributed by atoms with Gasteiger partial charge in [-0.05, 0) is 12.0 Å². The summed E-state index contributed by atoms with van der Waals surface area (Å²) in [5.41, 5.74) is 0.623. The second kappa shape index (κ2) is 5.88. The molecular weight excluding hydrogens is 256 g/mol. The maximum Gasteiger partial charge on any atom is 0.252 e. The van der Waals surface area contributed by atoms with Crippen molar-refractivity contribution in [3.63, 3.8) is 0 Å². The summed E-state index contributed by atoms with van der Waals surface area (Å²) in [6.45, 7) is 3.69. The van der Waals surface area contributed by atoms with Crippen molar-refractivity contribution in [2.75, 3.05) is 6.61 Å². The first-order valence-corrected chi connectivity index (χ1v) is 6.56. The van der Waals surface area contributed by atoms with E-state index in [0.29, 0.717) is 16.5 Å². The molecule has 1 aromatic carbocycles. The van der Waals surface area contributed by atoms with E-state index >= 15 is 0 Å². The van der Waals surface area contributed by atoms with Crippen LogP contribution in [0.25, 0.3) is 10.9 Å². The van der Waals surface area contributed by atoms with E-state index < -0.39 is 0 Å². The zero-order chi connectivity index (χ0) is 14.7. The molecule has 1 aromatic heterocycles. The fourth-order valence-corrected chi connectivity index (χ4v) is 2.06. The second-order valence-corrected chi connectivity index (χ2v) is 5.10. The van der Waals surface area contributed by atoms with Gasteiger partial charge in [-0.15, -0.1) is 0 Å². The summed E-state index contributed by atoms with van der Waals surface area (Å²) in [5.74, 6) is -0.239. The number of nitrogens with one attached hydrogen (secondary N) is 2. The third-order valence-corrected chi connectivity index (χ3v) is 3.31. The van der Waals surface area contributed by atoms with E-state index in [1.54, 1.807) is 18.2 Å². The van der Waals surface area contributed by atoms with Gasteiger partial charge in [0.05, 0.1) is 18.2 Å². The summed E-state index contributed by atoms with van der Waals surface area (Å²) in [6, 6.07) is 8.09. The highest BCUT2D eigenvalue weighted by molar-refractivity contribution is 6.06. The number of pyridine rings is 1. The lowest BCUT2D eigenvalue weighted by molar-refractivity contribution is 0.0898. The Kier molecular flexibility index (Phi) is 4.20. The molecule has 0 spiro atoms. The van der Waals surface area contributed by atoms with Gasteiger partial charge in [-0.2, -0.15) is 0 Å². The number of hydrogen-bond acceptors (Lipinski definition) is 3. The number of H-pyrrole nitrogens is 1. The first-order chi connectivity index (χ1) is 9.52. The molecule has 20 heavy (non-hydrogen) atoms. The molecule has 0 fully saturated rings. The van der Waals surface area contributed by atoms with Gasteiger partial charge in [-0.1, -0.05) is 32.0 Å². The van der Waals surface area contributed by atoms with Crippen LogP contribution in [-0.4, -0.2) is 28.6 Å². The molecule has 2 aromatic rings. The first-order valence-electron chi connectivity index (χ1n) is 6.56. The highest BCUT2D eigenvalue weighted by Crippen LogP contribution is 2.15. The van der Waals surface area contributed by atoms with Crippen LogP contribution in [0.1, 0.15) is 24.2 Å². The lowest BCUT2D eigenvalue weighted by Crippen LogP contribution is -2.41. The Morgan fingerprint density at radius 2 is 2.05 bits per heavy atom. The summed E-state index contributed by atoms with van der Waals surface area (Å²) in [6.07, 6.45) is 0. The third-order valence-electron chi connectivity index (χ3n) is 3.31. The number of fused-ring (bicyclic) bond motifs is 1. The first kappa shape index (κ1) is 14.3. The van der Waals surface area contributed by atoms with Crippen molar-refractivity contribution in [1.82, 2.24) is 10.3 Å². The molecular formula is C15H18N2O3. The SMILES string of the molecule is CC(C)[C@@H](CO)NC(=O)c1cc(=O)[nH]c2ccccc12. The lowest BCUT2D eigenvalue weighted by atomic mass is 10.0. The van der Waals surface area contributed by atoms with E-state index in [-0.39, 0.29) is 30.0 Å². The van der Waals surface area contributed by atoms with Crippen LogP contribution in [0.4, 0.5) is 0 Å². The van der Waals surface area contributed by atoms with Gasteiger partial charge in [0, 0.05) is 17.0 Å². The van der Waals surface area contributed by atoms with Gasteiger partial charge in [-0.25, -0.2) is 0 Å². The second-order valence-electron chi connectivity index (χ2n) is 5.10. The highest BCUT2D eigenvalue weighted by Gasteiger charge is 2.18. The topological polar surface area (TPSA) is 82.2 Å². The van der Waals surface area contributed by atoms with Crippen LogP contribution < -0.4 is 10.9 Å². The molecule has 0 bridgehead atoms. The molecule has 0 unspecified atom stereocenters. The van der Waals surface area contributed by atoms with E-state index in [4.69, 9.17) is 0 Å². The summed E-state index contributed by atoms with van der Waals surface area (Å²) < 4.78 is 0. The van der Waals surface area contributed by atoms with Crippen LogP contribution >= 0.6 is 0 Å². The number of hydrogen-bond donors (Lipinski definition) is 3. The molecule has 0 aliphatic rings. The molecule has 1 amide bonds. The Bertz CT molecular complexity index is 676. The Labute approximate surface area is 116 Å². The molecule has 5 nitrogen and oxygen atoms in total. The number of aromatic amines is 1. The van der Waals surface area contributed by atoms with Gasteiger partial charge < -0.3 is 15.4 Å². The normalized spacial score (nSPS) is 12.6. The minimum absolute atomic E-state index is 0.109. The van der Waals surface area contributed by atoms with Crippen molar-refractivity contribution >= 4 is 16.8 Å². The van der Waals surface area contributed by atoms with Crippen LogP contribution in [-0.2, 0) is 0 Å². The van der Waals surface area contributed by atoms with Crippen molar-refractivity contribution in [3.8, 4) is 0 Å². The highest BCUT2D eigenvalue weighted by atomic mass is 16.3. The molecule has 106 valence electrons. The van der Waals surface area contributed by atoms with Crippen molar-refractivity contribution in [2.24, 2.45) is 5.92 Å². The van der Waals surface area contributed by atoms with Crippen molar-refractivity contribution in [1.29, 1.82) is 0 Å². The molecule has 0 saturated carbocycles. The standard InChI is InChI=1S/C15H18N2O3/c1-9(2)13(8-18)17-15(20)11-7-14(19)16-12-6-4-3-5-10(11)12/h3-7,9,13,18H,8H2,1-2H3,(H,16,19)(H,17,20)/t13-/m1/s1. The number of amides is 1. The van der Waals surface area contributed by atoms with Gasteiger partial charge in [0.25, 0.3) is 5.91 Å². The van der Waals surface area contributed by atoms with Gasteiger partial charge >= 0.3 is 0 Å². The Morgan fingerprint density at radius 3 is 2.70 bits per heavy atom. The minimum atomic E-state index is -0.347. The minimum Gasteiger partial charge on any atom is -0.394 e. The Morgan fingerprint density at radius 1 is 1.35 bits per heavy atom. The molecule has 1 heterocycles. The van der Waals surface area contributed by atoms with Gasteiger partial charge in [-0.3, -0.25) is 9.59 Å². The number of rotatable bonds is 4. The Balaban J connectivity index is 2.42. The molecule has 2 rings (SSSR count). The molecule has 0 radical (unpaired) electrons. The largest absolute Gasteiger partial charge is 0.394 e. The summed E-state index contributed by atoms with van der Waals surface area (Å²) in [7, 11) is 0. The van der Waals surface area contributed by atoms with Gasteiger partial charge in [0.2, 0.25) is 5.56 Å². The van der Waals surface area contributed by atoms with E-state index in [2.05, 4.69) is 10.3 Å². The van der Waals surface area contributed by atoms with Crippen molar-refractivity contribution < 1.29 is 9.90 Å².